The van der Waals surface area contributed by atoms with Crippen molar-refractivity contribution >= 4 is 23.1 Å². The molecule has 0 saturated carbocycles. The van der Waals surface area contributed by atoms with E-state index in [1.807, 2.05) is 24.3 Å². The van der Waals surface area contributed by atoms with Crippen LogP contribution in [0.3, 0.4) is 0 Å². The van der Waals surface area contributed by atoms with Gasteiger partial charge in [-0.05, 0) is 24.3 Å². The lowest BCUT2D eigenvalue weighted by atomic mass is 10.2. The SMILES string of the molecule is N#Cc1ccccc1Nc1cnnc(Nc2ccc3c(c2)OCCO3)n1. The lowest BCUT2D eigenvalue weighted by Crippen LogP contribution is -2.15. The van der Waals surface area contributed by atoms with Gasteiger partial charge in [-0.1, -0.05) is 12.1 Å². The molecule has 8 heteroatoms. The van der Waals surface area contributed by atoms with E-state index in [4.69, 9.17) is 14.7 Å². The van der Waals surface area contributed by atoms with E-state index in [0.29, 0.717) is 47.7 Å². The zero-order valence-electron chi connectivity index (χ0n) is 13.6. The Morgan fingerprint density at radius 1 is 1.00 bits per heavy atom. The zero-order valence-corrected chi connectivity index (χ0v) is 13.6. The van der Waals surface area contributed by atoms with Gasteiger partial charge in [-0.2, -0.15) is 15.3 Å². The molecule has 128 valence electrons. The quantitative estimate of drug-likeness (QED) is 0.743. The Morgan fingerprint density at radius 3 is 2.73 bits per heavy atom. The number of nitrogens with one attached hydrogen (secondary N) is 2. The maximum atomic E-state index is 9.17. The van der Waals surface area contributed by atoms with E-state index < -0.39 is 0 Å². The first-order valence-corrected chi connectivity index (χ1v) is 7.94. The van der Waals surface area contributed by atoms with Crippen molar-refractivity contribution < 1.29 is 9.47 Å². The molecule has 0 atom stereocenters. The van der Waals surface area contributed by atoms with Crippen LogP contribution in [0.1, 0.15) is 5.56 Å². The standard InChI is InChI=1S/C18H14N6O2/c19-10-12-3-1-2-4-14(12)22-17-11-20-24-18(23-17)21-13-5-6-15-16(9-13)26-8-7-25-15/h1-6,9,11H,7-8H2,(H2,21,22,23,24). The fourth-order valence-corrected chi connectivity index (χ4v) is 2.49. The minimum Gasteiger partial charge on any atom is -0.486 e. The number of ether oxygens (including phenoxy) is 2. The fourth-order valence-electron chi connectivity index (χ4n) is 2.49. The molecule has 1 aromatic heterocycles. The summed E-state index contributed by atoms with van der Waals surface area (Å²) in [4.78, 5) is 4.37. The van der Waals surface area contributed by atoms with E-state index in [-0.39, 0.29) is 0 Å². The Hall–Kier alpha value is -3.86. The molecule has 0 fully saturated rings. The summed E-state index contributed by atoms with van der Waals surface area (Å²) in [6, 6.07) is 14.8. The van der Waals surface area contributed by atoms with Crippen molar-refractivity contribution in [1.29, 1.82) is 5.26 Å². The fraction of sp³-hybridized carbons (Fsp3) is 0.111. The number of para-hydroxylation sites is 1. The van der Waals surface area contributed by atoms with E-state index in [9.17, 15) is 0 Å². The van der Waals surface area contributed by atoms with Gasteiger partial charge in [-0.3, -0.25) is 0 Å². The topological polar surface area (TPSA) is 105 Å². The maximum absolute atomic E-state index is 9.17. The Kier molecular flexibility index (Phi) is 4.18. The first-order chi connectivity index (χ1) is 12.8. The molecule has 8 nitrogen and oxygen atoms in total. The molecule has 26 heavy (non-hydrogen) atoms. The molecule has 1 aliphatic heterocycles. The third-order valence-electron chi connectivity index (χ3n) is 3.67. The number of hydrogen-bond donors (Lipinski definition) is 2. The number of nitriles is 1. The monoisotopic (exact) mass is 346 g/mol. The predicted octanol–water partition coefficient (Wildman–Crippen LogP) is 3.00. The molecule has 2 heterocycles. The Bertz CT molecular complexity index is 985. The molecule has 0 radical (unpaired) electrons. The van der Waals surface area contributed by atoms with Crippen molar-refractivity contribution in [3.05, 3.63) is 54.2 Å². The van der Waals surface area contributed by atoms with Crippen LogP contribution in [0.15, 0.2) is 48.7 Å². The van der Waals surface area contributed by atoms with E-state index in [0.717, 1.165) is 5.69 Å². The minimum atomic E-state index is 0.320. The Morgan fingerprint density at radius 2 is 1.85 bits per heavy atom. The first-order valence-electron chi connectivity index (χ1n) is 7.94. The highest BCUT2D eigenvalue weighted by molar-refractivity contribution is 5.65. The second kappa shape index (κ2) is 6.94. The van der Waals surface area contributed by atoms with Gasteiger partial charge >= 0.3 is 0 Å². The third kappa shape index (κ3) is 3.32. The van der Waals surface area contributed by atoms with Gasteiger partial charge in [0.1, 0.15) is 19.3 Å². The van der Waals surface area contributed by atoms with Gasteiger partial charge in [-0.15, -0.1) is 5.10 Å². The van der Waals surface area contributed by atoms with Gasteiger partial charge in [0.05, 0.1) is 17.4 Å². The number of nitrogens with zero attached hydrogens (tertiary/aromatic N) is 4. The molecule has 0 unspecified atom stereocenters. The molecule has 3 aromatic rings. The molecular formula is C18H14N6O2. The summed E-state index contributed by atoms with van der Waals surface area (Å²) in [7, 11) is 0. The number of aromatic nitrogens is 3. The average Bonchev–Trinajstić information content (AvgIpc) is 2.69. The summed E-state index contributed by atoms with van der Waals surface area (Å²) in [6.07, 6.45) is 1.49. The second-order valence-electron chi connectivity index (χ2n) is 5.43. The number of benzene rings is 2. The number of anilines is 4. The molecule has 0 aliphatic carbocycles. The number of rotatable bonds is 4. The summed E-state index contributed by atoms with van der Waals surface area (Å²) in [5.41, 5.74) is 1.93. The molecule has 0 bridgehead atoms. The highest BCUT2D eigenvalue weighted by Crippen LogP contribution is 2.33. The van der Waals surface area contributed by atoms with E-state index in [1.165, 1.54) is 6.20 Å². The molecule has 0 saturated heterocycles. The maximum Gasteiger partial charge on any atom is 0.249 e. The smallest absolute Gasteiger partial charge is 0.249 e. The molecule has 2 aromatic carbocycles. The Balaban J connectivity index is 1.54. The number of fused-ring (bicyclic) bond motifs is 1. The van der Waals surface area contributed by atoms with Crippen LogP contribution in [0.5, 0.6) is 11.5 Å². The van der Waals surface area contributed by atoms with Crippen molar-refractivity contribution in [2.24, 2.45) is 0 Å². The van der Waals surface area contributed by atoms with Crippen molar-refractivity contribution in [3.63, 3.8) is 0 Å². The normalized spacial score (nSPS) is 12.1. The van der Waals surface area contributed by atoms with Crippen molar-refractivity contribution in [2.75, 3.05) is 23.8 Å². The van der Waals surface area contributed by atoms with Crippen LogP contribution in [-0.4, -0.2) is 28.4 Å². The molecular weight excluding hydrogens is 332 g/mol. The Labute approximate surface area is 149 Å². The lowest BCUT2D eigenvalue weighted by Gasteiger charge is -2.19. The minimum absolute atomic E-state index is 0.320. The molecule has 4 rings (SSSR count). The summed E-state index contributed by atoms with van der Waals surface area (Å²) < 4.78 is 11.1. The van der Waals surface area contributed by atoms with Gasteiger partial charge in [0.15, 0.2) is 17.3 Å². The zero-order chi connectivity index (χ0) is 17.8. The highest BCUT2D eigenvalue weighted by Gasteiger charge is 2.12. The highest BCUT2D eigenvalue weighted by atomic mass is 16.6. The largest absolute Gasteiger partial charge is 0.486 e. The first kappa shape index (κ1) is 15.7. The van der Waals surface area contributed by atoms with Gasteiger partial charge in [-0.25, -0.2) is 0 Å². The van der Waals surface area contributed by atoms with Gasteiger partial charge < -0.3 is 20.1 Å². The second-order valence-corrected chi connectivity index (χ2v) is 5.43. The molecule has 0 amide bonds. The van der Waals surface area contributed by atoms with Crippen LogP contribution in [-0.2, 0) is 0 Å². The van der Waals surface area contributed by atoms with Crippen LogP contribution in [0.4, 0.5) is 23.1 Å². The summed E-state index contributed by atoms with van der Waals surface area (Å²) >= 11 is 0. The molecule has 2 N–H and O–H groups in total. The van der Waals surface area contributed by atoms with Crippen molar-refractivity contribution in [2.45, 2.75) is 0 Å². The van der Waals surface area contributed by atoms with Crippen LogP contribution in [0.25, 0.3) is 0 Å². The third-order valence-corrected chi connectivity index (χ3v) is 3.67. The van der Waals surface area contributed by atoms with Gasteiger partial charge in [0, 0.05) is 11.8 Å². The molecule has 1 aliphatic rings. The number of hydrogen-bond acceptors (Lipinski definition) is 8. The predicted molar refractivity (Wildman–Crippen MR) is 95.0 cm³/mol. The van der Waals surface area contributed by atoms with Crippen LogP contribution < -0.4 is 20.1 Å². The van der Waals surface area contributed by atoms with Crippen LogP contribution >= 0.6 is 0 Å². The summed E-state index contributed by atoms with van der Waals surface area (Å²) in [5, 5.41) is 23.3. The van der Waals surface area contributed by atoms with E-state index in [1.54, 1.807) is 18.2 Å². The lowest BCUT2D eigenvalue weighted by molar-refractivity contribution is 0.171. The van der Waals surface area contributed by atoms with E-state index in [2.05, 4.69) is 31.9 Å². The van der Waals surface area contributed by atoms with Gasteiger partial charge in [0.25, 0.3) is 0 Å². The average molecular weight is 346 g/mol. The van der Waals surface area contributed by atoms with Crippen LogP contribution in [0.2, 0.25) is 0 Å². The van der Waals surface area contributed by atoms with Gasteiger partial charge in [0.2, 0.25) is 5.95 Å². The summed E-state index contributed by atoms with van der Waals surface area (Å²) in [6.45, 7) is 1.07. The van der Waals surface area contributed by atoms with Crippen LogP contribution in [0, 0.1) is 11.3 Å². The summed E-state index contributed by atoms with van der Waals surface area (Å²) in [5.74, 6) is 2.18. The van der Waals surface area contributed by atoms with Crippen molar-refractivity contribution in [1.82, 2.24) is 15.2 Å². The molecule has 0 spiro atoms. The van der Waals surface area contributed by atoms with E-state index >= 15 is 0 Å². The van der Waals surface area contributed by atoms with Crippen molar-refractivity contribution in [3.8, 4) is 17.6 Å².